The number of nitrogens with two attached hydrogens (primary N) is 1. The van der Waals surface area contributed by atoms with Crippen LogP contribution in [0, 0.1) is 11.2 Å². The van der Waals surface area contributed by atoms with Gasteiger partial charge in [0, 0.05) is 35.7 Å². The first-order valence-electron chi connectivity index (χ1n) is 9.76. The van der Waals surface area contributed by atoms with Crippen LogP contribution in [0.3, 0.4) is 0 Å². The van der Waals surface area contributed by atoms with Gasteiger partial charge in [0.1, 0.15) is 17.5 Å². The minimum absolute atomic E-state index is 0.0684. The quantitative estimate of drug-likeness (QED) is 0.275. The Labute approximate surface area is 180 Å². The third-order valence-corrected chi connectivity index (χ3v) is 4.92. The topological polar surface area (TPSA) is 117 Å². The van der Waals surface area contributed by atoms with E-state index in [-0.39, 0.29) is 23.0 Å². The summed E-state index contributed by atoms with van der Waals surface area (Å²) in [4.78, 5) is 11.2. The van der Waals surface area contributed by atoms with E-state index in [4.69, 9.17) is 11.1 Å². The van der Waals surface area contributed by atoms with Gasteiger partial charge in [0.15, 0.2) is 0 Å². The van der Waals surface area contributed by atoms with Crippen LogP contribution in [-0.2, 0) is 10.2 Å². The third kappa shape index (κ3) is 5.42. The maximum absolute atomic E-state index is 13.2. The standard InChI is InChI=1S/C23H25FN6O/c1-14(31)28-22(26)18-12-15(4-9-19(18)25)20-10-11-21(30-29-20)27-13-23(2,3)16-5-7-17(24)8-6-16/h4-12H,13,25H2,1-3H3,(H,27,30)(H2,26,28,31). The van der Waals surface area contributed by atoms with Crippen LogP contribution in [0.2, 0.25) is 0 Å². The number of carbonyl (C=O) groups is 1. The van der Waals surface area contributed by atoms with Gasteiger partial charge in [0.2, 0.25) is 5.91 Å². The van der Waals surface area contributed by atoms with Gasteiger partial charge >= 0.3 is 0 Å². The molecule has 0 unspecified atom stereocenters. The van der Waals surface area contributed by atoms with E-state index in [1.165, 1.54) is 19.1 Å². The van der Waals surface area contributed by atoms with Crippen LogP contribution in [0.5, 0.6) is 0 Å². The Balaban J connectivity index is 1.72. The zero-order valence-electron chi connectivity index (χ0n) is 17.7. The molecule has 3 aromatic rings. The van der Waals surface area contributed by atoms with Crippen LogP contribution in [0.4, 0.5) is 15.9 Å². The van der Waals surface area contributed by atoms with Crippen molar-refractivity contribution in [2.45, 2.75) is 26.2 Å². The normalized spacial score (nSPS) is 11.1. The highest BCUT2D eigenvalue weighted by atomic mass is 19.1. The average molecular weight is 420 g/mol. The fraction of sp³-hybridized carbons (Fsp3) is 0.217. The average Bonchev–Trinajstić information content (AvgIpc) is 2.73. The monoisotopic (exact) mass is 420 g/mol. The summed E-state index contributed by atoms with van der Waals surface area (Å²) >= 11 is 0. The molecule has 0 radical (unpaired) electrons. The van der Waals surface area contributed by atoms with E-state index in [2.05, 4.69) is 34.7 Å². The number of benzene rings is 2. The summed E-state index contributed by atoms with van der Waals surface area (Å²) in [7, 11) is 0. The van der Waals surface area contributed by atoms with E-state index in [0.717, 1.165) is 11.1 Å². The van der Waals surface area contributed by atoms with Crippen LogP contribution in [0.25, 0.3) is 11.3 Å². The molecule has 0 aliphatic carbocycles. The first-order chi connectivity index (χ1) is 14.7. The molecule has 5 N–H and O–H groups in total. The molecule has 0 aliphatic heterocycles. The fourth-order valence-electron chi connectivity index (χ4n) is 3.07. The van der Waals surface area contributed by atoms with Crippen molar-refractivity contribution < 1.29 is 9.18 Å². The lowest BCUT2D eigenvalue weighted by Gasteiger charge is -2.25. The Hall–Kier alpha value is -3.81. The fourth-order valence-corrected chi connectivity index (χ4v) is 3.07. The number of rotatable bonds is 6. The van der Waals surface area contributed by atoms with Crippen LogP contribution in [-0.4, -0.2) is 28.5 Å². The highest BCUT2D eigenvalue weighted by molar-refractivity contribution is 6.09. The molecule has 1 amide bonds. The maximum Gasteiger partial charge on any atom is 0.222 e. The van der Waals surface area contributed by atoms with Gasteiger partial charge in [-0.25, -0.2) is 4.39 Å². The second-order valence-corrected chi connectivity index (χ2v) is 7.91. The molecule has 7 nitrogen and oxygen atoms in total. The van der Waals surface area contributed by atoms with Crippen molar-refractivity contribution in [1.29, 1.82) is 5.41 Å². The number of nitrogens with zero attached hydrogens (tertiary/aromatic N) is 2. The van der Waals surface area contributed by atoms with Crippen molar-refractivity contribution in [1.82, 2.24) is 15.5 Å². The molecule has 1 aromatic heterocycles. The number of halogens is 1. The zero-order valence-corrected chi connectivity index (χ0v) is 17.7. The number of nitrogens with one attached hydrogen (secondary N) is 3. The van der Waals surface area contributed by atoms with Gasteiger partial charge in [-0.1, -0.05) is 32.0 Å². The van der Waals surface area contributed by atoms with Crippen LogP contribution >= 0.6 is 0 Å². The summed E-state index contributed by atoms with van der Waals surface area (Å²) in [5, 5.41) is 22.2. The number of carbonyl (C=O) groups excluding carboxylic acids is 1. The van der Waals surface area contributed by atoms with Crippen molar-refractivity contribution in [3.05, 3.63) is 71.5 Å². The number of aromatic nitrogens is 2. The van der Waals surface area contributed by atoms with Crippen LogP contribution in [0.1, 0.15) is 31.9 Å². The van der Waals surface area contributed by atoms with E-state index in [0.29, 0.717) is 29.3 Å². The first kappa shape index (κ1) is 21.9. The molecule has 2 aromatic carbocycles. The smallest absolute Gasteiger partial charge is 0.222 e. The zero-order chi connectivity index (χ0) is 22.6. The van der Waals surface area contributed by atoms with Crippen molar-refractivity contribution in [2.75, 3.05) is 17.6 Å². The summed E-state index contributed by atoms with van der Waals surface area (Å²) in [6, 6.07) is 15.3. The first-order valence-corrected chi connectivity index (χ1v) is 9.76. The third-order valence-electron chi connectivity index (χ3n) is 4.92. The molecule has 31 heavy (non-hydrogen) atoms. The Kier molecular flexibility index (Phi) is 6.29. The predicted molar refractivity (Wildman–Crippen MR) is 120 cm³/mol. The molecule has 0 aliphatic rings. The Morgan fingerprint density at radius 2 is 1.81 bits per heavy atom. The van der Waals surface area contributed by atoms with Gasteiger partial charge in [-0.15, -0.1) is 10.2 Å². The Morgan fingerprint density at radius 3 is 2.42 bits per heavy atom. The largest absolute Gasteiger partial charge is 0.398 e. The molecule has 0 fully saturated rings. The lowest BCUT2D eigenvalue weighted by molar-refractivity contribution is -0.117. The Morgan fingerprint density at radius 1 is 1.10 bits per heavy atom. The molecule has 0 bridgehead atoms. The highest BCUT2D eigenvalue weighted by Crippen LogP contribution is 2.25. The summed E-state index contributed by atoms with van der Waals surface area (Å²) in [5.74, 6) is -0.0534. The van der Waals surface area contributed by atoms with E-state index >= 15 is 0 Å². The molecule has 0 saturated carbocycles. The molecule has 0 atom stereocenters. The van der Waals surface area contributed by atoms with E-state index in [1.807, 2.05) is 12.1 Å². The second-order valence-electron chi connectivity index (χ2n) is 7.91. The van der Waals surface area contributed by atoms with Crippen LogP contribution in [0.15, 0.2) is 54.6 Å². The number of hydrogen-bond acceptors (Lipinski definition) is 6. The van der Waals surface area contributed by atoms with E-state index in [1.54, 1.807) is 30.3 Å². The second kappa shape index (κ2) is 8.91. The predicted octanol–water partition coefficient (Wildman–Crippen LogP) is 3.72. The molecule has 160 valence electrons. The van der Waals surface area contributed by atoms with Crippen molar-refractivity contribution >= 4 is 23.2 Å². The molecule has 8 heteroatoms. The van der Waals surface area contributed by atoms with Crippen molar-refractivity contribution in [3.8, 4) is 11.3 Å². The van der Waals surface area contributed by atoms with Crippen molar-refractivity contribution in [3.63, 3.8) is 0 Å². The minimum atomic E-state index is -0.339. The van der Waals surface area contributed by atoms with Gasteiger partial charge in [-0.3, -0.25) is 10.2 Å². The van der Waals surface area contributed by atoms with Crippen LogP contribution < -0.4 is 16.4 Å². The minimum Gasteiger partial charge on any atom is -0.398 e. The van der Waals surface area contributed by atoms with Gasteiger partial charge in [0.05, 0.1) is 5.69 Å². The molecule has 3 rings (SSSR count). The van der Waals surface area contributed by atoms with E-state index < -0.39 is 0 Å². The maximum atomic E-state index is 13.2. The summed E-state index contributed by atoms with van der Waals surface area (Å²) in [6.07, 6.45) is 0. The molecular formula is C23H25FN6O. The van der Waals surface area contributed by atoms with E-state index in [9.17, 15) is 9.18 Å². The van der Waals surface area contributed by atoms with Gasteiger partial charge in [0.25, 0.3) is 0 Å². The number of hydrogen-bond donors (Lipinski definition) is 4. The number of amidine groups is 1. The van der Waals surface area contributed by atoms with Gasteiger partial charge < -0.3 is 16.4 Å². The summed E-state index contributed by atoms with van der Waals surface area (Å²) in [6.45, 7) is 6.06. The lowest BCUT2D eigenvalue weighted by atomic mass is 9.84. The Bertz CT molecular complexity index is 1090. The molecule has 0 saturated heterocycles. The van der Waals surface area contributed by atoms with Gasteiger partial charge in [-0.05, 0) is 42.0 Å². The van der Waals surface area contributed by atoms with Gasteiger partial charge in [-0.2, -0.15) is 0 Å². The molecule has 0 spiro atoms. The molecule has 1 heterocycles. The number of amides is 1. The SMILES string of the molecule is CC(=O)NC(=N)c1cc(-c2ccc(NCC(C)(C)c3ccc(F)cc3)nn2)ccc1N. The number of nitrogen functional groups attached to an aromatic ring is 1. The summed E-state index contributed by atoms with van der Waals surface area (Å²) in [5.41, 5.74) is 8.87. The summed E-state index contributed by atoms with van der Waals surface area (Å²) < 4.78 is 13.2. The highest BCUT2D eigenvalue weighted by Gasteiger charge is 2.20. The molecular weight excluding hydrogens is 395 g/mol. The number of anilines is 2. The van der Waals surface area contributed by atoms with Crippen molar-refractivity contribution in [2.24, 2.45) is 0 Å². The lowest BCUT2D eigenvalue weighted by Crippen LogP contribution is -2.28.